The molecular weight excluding hydrogens is 293 g/mol. The molecule has 2 rings (SSSR count). The molecule has 0 unspecified atom stereocenters. The Bertz CT molecular complexity index is 513. The molecule has 0 bridgehead atoms. The molecule has 0 saturated carbocycles. The van der Waals surface area contributed by atoms with Crippen LogP contribution in [0.4, 0.5) is 5.69 Å². The lowest BCUT2D eigenvalue weighted by atomic mass is 10.3. The zero-order valence-electron chi connectivity index (χ0n) is 8.00. The molecule has 0 atom stereocenters. The van der Waals surface area contributed by atoms with Gasteiger partial charge in [0.2, 0.25) is 0 Å². The molecule has 82 valence electrons. The largest absolute Gasteiger partial charge is 0.321 e. The Labute approximate surface area is 105 Å². The van der Waals surface area contributed by atoms with Crippen LogP contribution in [-0.2, 0) is 0 Å². The van der Waals surface area contributed by atoms with Gasteiger partial charge in [0.05, 0.1) is 5.02 Å². The normalized spacial score (nSPS) is 10.1. The number of hydrogen-bond acceptors (Lipinski definition) is 2. The number of halogens is 2. The summed E-state index contributed by atoms with van der Waals surface area (Å²) < 4.78 is 0.786. The molecule has 0 fully saturated rings. The van der Waals surface area contributed by atoms with Gasteiger partial charge >= 0.3 is 0 Å². The molecule has 1 amide bonds. The van der Waals surface area contributed by atoms with E-state index in [1.54, 1.807) is 24.3 Å². The summed E-state index contributed by atoms with van der Waals surface area (Å²) in [5, 5.41) is 9.52. The van der Waals surface area contributed by atoms with Crippen molar-refractivity contribution in [3.8, 4) is 0 Å². The summed E-state index contributed by atoms with van der Waals surface area (Å²) in [5.41, 5.74) is 1.03. The summed E-state index contributed by atoms with van der Waals surface area (Å²) >= 11 is 9.18. The van der Waals surface area contributed by atoms with Crippen LogP contribution in [0, 0.1) is 0 Å². The minimum Gasteiger partial charge on any atom is -0.321 e. The van der Waals surface area contributed by atoms with Crippen LogP contribution in [0.2, 0.25) is 5.02 Å². The van der Waals surface area contributed by atoms with Crippen LogP contribution in [0.5, 0.6) is 0 Å². The third-order valence-corrected chi connectivity index (χ3v) is 3.16. The lowest BCUT2D eigenvalue weighted by Crippen LogP contribution is -2.12. The van der Waals surface area contributed by atoms with Gasteiger partial charge in [-0.1, -0.05) is 11.6 Å². The number of benzene rings is 1. The number of H-pyrrole nitrogens is 1. The molecular formula is C10H7BrClN3O. The molecule has 6 heteroatoms. The van der Waals surface area contributed by atoms with E-state index in [9.17, 15) is 4.79 Å². The summed E-state index contributed by atoms with van der Waals surface area (Å²) in [6.45, 7) is 0. The molecule has 0 aliphatic heterocycles. The summed E-state index contributed by atoms with van der Waals surface area (Å²) in [6, 6.07) is 6.78. The van der Waals surface area contributed by atoms with Gasteiger partial charge in [-0.3, -0.25) is 9.89 Å². The molecule has 0 aliphatic rings. The number of aromatic amines is 1. The first-order valence-corrected chi connectivity index (χ1v) is 5.59. The van der Waals surface area contributed by atoms with E-state index in [4.69, 9.17) is 11.6 Å². The van der Waals surface area contributed by atoms with E-state index in [0.29, 0.717) is 16.4 Å². The highest BCUT2D eigenvalue weighted by molar-refractivity contribution is 9.10. The standard InChI is InChI=1S/C10H7BrClN3O/c11-7-2-1-6(5-8(7)12)14-10(16)9-3-4-13-15-9/h1-5H,(H,13,15)(H,14,16). The number of carbonyl (C=O) groups excluding carboxylic acids is 1. The highest BCUT2D eigenvalue weighted by Crippen LogP contribution is 2.25. The number of anilines is 1. The summed E-state index contributed by atoms with van der Waals surface area (Å²) in [6.07, 6.45) is 1.52. The molecule has 0 spiro atoms. The van der Waals surface area contributed by atoms with Crippen molar-refractivity contribution < 1.29 is 4.79 Å². The van der Waals surface area contributed by atoms with E-state index in [-0.39, 0.29) is 5.91 Å². The second-order valence-corrected chi connectivity index (χ2v) is 4.31. The van der Waals surface area contributed by atoms with Gasteiger partial charge in [0.1, 0.15) is 5.69 Å². The van der Waals surface area contributed by atoms with Crippen molar-refractivity contribution in [2.75, 3.05) is 5.32 Å². The fraction of sp³-hybridized carbons (Fsp3) is 0. The Morgan fingerprint density at radius 3 is 2.88 bits per heavy atom. The van der Waals surface area contributed by atoms with Gasteiger partial charge < -0.3 is 5.32 Å². The van der Waals surface area contributed by atoms with Crippen LogP contribution in [0.15, 0.2) is 34.9 Å². The molecule has 2 N–H and O–H groups in total. The number of nitrogens with one attached hydrogen (secondary N) is 2. The predicted molar refractivity (Wildman–Crippen MR) is 65.7 cm³/mol. The summed E-state index contributed by atoms with van der Waals surface area (Å²) in [4.78, 5) is 11.6. The van der Waals surface area contributed by atoms with Crippen LogP contribution in [0.25, 0.3) is 0 Å². The van der Waals surface area contributed by atoms with Crippen molar-refractivity contribution in [1.82, 2.24) is 10.2 Å². The van der Waals surface area contributed by atoms with Gasteiger partial charge in [0, 0.05) is 16.4 Å². The molecule has 0 saturated heterocycles. The number of hydrogen-bond donors (Lipinski definition) is 2. The molecule has 1 aromatic heterocycles. The van der Waals surface area contributed by atoms with Gasteiger partial charge in [0.15, 0.2) is 0 Å². The first-order valence-electron chi connectivity index (χ1n) is 4.42. The average molecular weight is 301 g/mol. The minimum atomic E-state index is -0.254. The van der Waals surface area contributed by atoms with Crippen molar-refractivity contribution in [1.29, 1.82) is 0 Å². The van der Waals surface area contributed by atoms with E-state index in [0.717, 1.165) is 4.47 Å². The number of carbonyl (C=O) groups is 1. The molecule has 4 nitrogen and oxygen atoms in total. The van der Waals surface area contributed by atoms with Crippen LogP contribution in [0.1, 0.15) is 10.5 Å². The molecule has 16 heavy (non-hydrogen) atoms. The van der Waals surface area contributed by atoms with Crippen molar-refractivity contribution in [2.24, 2.45) is 0 Å². The Morgan fingerprint density at radius 2 is 2.25 bits per heavy atom. The second-order valence-electron chi connectivity index (χ2n) is 3.05. The highest BCUT2D eigenvalue weighted by Gasteiger charge is 2.07. The first-order chi connectivity index (χ1) is 7.66. The Morgan fingerprint density at radius 1 is 1.44 bits per heavy atom. The van der Waals surface area contributed by atoms with Gasteiger partial charge in [-0.05, 0) is 40.2 Å². The number of aromatic nitrogens is 2. The zero-order valence-corrected chi connectivity index (χ0v) is 10.3. The van der Waals surface area contributed by atoms with Crippen molar-refractivity contribution in [2.45, 2.75) is 0 Å². The third kappa shape index (κ3) is 2.43. The SMILES string of the molecule is O=C(Nc1ccc(Br)c(Cl)c1)c1ccn[nH]1. The first kappa shape index (κ1) is 11.2. The number of rotatable bonds is 2. The molecule has 1 heterocycles. The van der Waals surface area contributed by atoms with E-state index >= 15 is 0 Å². The predicted octanol–water partition coefficient (Wildman–Crippen LogP) is 3.08. The fourth-order valence-electron chi connectivity index (χ4n) is 1.15. The van der Waals surface area contributed by atoms with E-state index in [1.807, 2.05) is 0 Å². The quantitative estimate of drug-likeness (QED) is 0.895. The second kappa shape index (κ2) is 4.67. The van der Waals surface area contributed by atoms with Crippen LogP contribution < -0.4 is 5.32 Å². The summed E-state index contributed by atoms with van der Waals surface area (Å²) in [7, 11) is 0. The van der Waals surface area contributed by atoms with Crippen LogP contribution in [0.3, 0.4) is 0 Å². The Balaban J connectivity index is 2.15. The number of amides is 1. The van der Waals surface area contributed by atoms with Crippen molar-refractivity contribution >= 4 is 39.1 Å². The number of nitrogens with zero attached hydrogens (tertiary/aromatic N) is 1. The molecule has 1 aromatic carbocycles. The third-order valence-electron chi connectivity index (χ3n) is 1.92. The lowest BCUT2D eigenvalue weighted by molar-refractivity contribution is 0.102. The monoisotopic (exact) mass is 299 g/mol. The maximum absolute atomic E-state index is 11.6. The van der Waals surface area contributed by atoms with E-state index in [1.165, 1.54) is 6.20 Å². The lowest BCUT2D eigenvalue weighted by Gasteiger charge is -2.04. The van der Waals surface area contributed by atoms with Crippen LogP contribution >= 0.6 is 27.5 Å². The molecule has 0 aliphatic carbocycles. The average Bonchev–Trinajstić information content (AvgIpc) is 2.77. The van der Waals surface area contributed by atoms with Crippen molar-refractivity contribution in [3.63, 3.8) is 0 Å². The smallest absolute Gasteiger partial charge is 0.273 e. The van der Waals surface area contributed by atoms with Gasteiger partial charge in [-0.2, -0.15) is 5.10 Å². The van der Waals surface area contributed by atoms with Gasteiger partial charge in [-0.25, -0.2) is 0 Å². The fourth-order valence-corrected chi connectivity index (χ4v) is 1.58. The maximum Gasteiger partial charge on any atom is 0.273 e. The minimum absolute atomic E-state index is 0.254. The molecule has 2 aromatic rings. The van der Waals surface area contributed by atoms with Gasteiger partial charge in [-0.15, -0.1) is 0 Å². The highest BCUT2D eigenvalue weighted by atomic mass is 79.9. The maximum atomic E-state index is 11.6. The molecule has 0 radical (unpaired) electrons. The van der Waals surface area contributed by atoms with E-state index < -0.39 is 0 Å². The summed E-state index contributed by atoms with van der Waals surface area (Å²) in [5.74, 6) is -0.254. The Kier molecular flexibility index (Phi) is 3.26. The van der Waals surface area contributed by atoms with Gasteiger partial charge in [0.25, 0.3) is 5.91 Å². The van der Waals surface area contributed by atoms with E-state index in [2.05, 4.69) is 31.4 Å². The van der Waals surface area contributed by atoms with Crippen molar-refractivity contribution in [3.05, 3.63) is 45.7 Å². The van der Waals surface area contributed by atoms with Crippen LogP contribution in [-0.4, -0.2) is 16.1 Å². The Hall–Kier alpha value is -1.33. The topological polar surface area (TPSA) is 57.8 Å². The zero-order chi connectivity index (χ0) is 11.5.